The zero-order chi connectivity index (χ0) is 25.0. The van der Waals surface area contributed by atoms with Crippen molar-refractivity contribution < 1.29 is 19.4 Å². The monoisotopic (exact) mass is 464 g/mol. The zero-order valence-electron chi connectivity index (χ0n) is 21.1. The third kappa shape index (κ3) is 5.50. The molecule has 0 spiro atoms. The number of carbonyl (C=O) groups excluding carboxylic acids is 2. The molecule has 6 heteroatoms. The fourth-order valence-corrected chi connectivity index (χ4v) is 4.01. The van der Waals surface area contributed by atoms with E-state index < -0.39 is 17.7 Å². The van der Waals surface area contributed by atoms with Crippen molar-refractivity contribution in [1.29, 1.82) is 0 Å². The van der Waals surface area contributed by atoms with E-state index in [4.69, 9.17) is 4.74 Å². The van der Waals surface area contributed by atoms with E-state index in [1.807, 2.05) is 50.2 Å². The van der Waals surface area contributed by atoms with E-state index >= 15 is 0 Å². The van der Waals surface area contributed by atoms with E-state index in [2.05, 4.69) is 20.8 Å². The van der Waals surface area contributed by atoms with Crippen molar-refractivity contribution in [3.8, 4) is 5.75 Å². The van der Waals surface area contributed by atoms with Gasteiger partial charge in [0.05, 0.1) is 18.2 Å². The number of ketones is 1. The number of Topliss-reactive ketones (excluding diaryl/α,β-unsaturated/α-hetero) is 1. The van der Waals surface area contributed by atoms with Crippen molar-refractivity contribution in [2.75, 3.05) is 33.8 Å². The van der Waals surface area contributed by atoms with Gasteiger partial charge in [0.1, 0.15) is 11.5 Å². The molecule has 1 aliphatic rings. The minimum atomic E-state index is -0.660. The van der Waals surface area contributed by atoms with Gasteiger partial charge < -0.3 is 19.6 Å². The Morgan fingerprint density at radius 1 is 1.03 bits per heavy atom. The van der Waals surface area contributed by atoms with Gasteiger partial charge in [-0.2, -0.15) is 0 Å². The number of likely N-dealkylation sites (N-methyl/N-ethyl adjacent to an activating group) is 1. The van der Waals surface area contributed by atoms with E-state index in [9.17, 15) is 14.7 Å². The van der Waals surface area contributed by atoms with Gasteiger partial charge in [-0.25, -0.2) is 0 Å². The van der Waals surface area contributed by atoms with Crippen LogP contribution in [0.2, 0.25) is 0 Å². The average molecular weight is 465 g/mol. The number of amides is 1. The molecule has 182 valence electrons. The second-order valence-electron chi connectivity index (χ2n) is 10.0. The fraction of sp³-hybridized carbons (Fsp3) is 0.429. The highest BCUT2D eigenvalue weighted by Crippen LogP contribution is 2.40. The maximum atomic E-state index is 13.1. The molecular formula is C28H36N2O4. The summed E-state index contributed by atoms with van der Waals surface area (Å²) in [5.41, 5.74) is 2.53. The molecule has 1 atom stereocenters. The summed E-state index contributed by atoms with van der Waals surface area (Å²) in [5.74, 6) is -0.722. The Balaban J connectivity index is 2.06. The van der Waals surface area contributed by atoms with Gasteiger partial charge in [-0.3, -0.25) is 9.59 Å². The van der Waals surface area contributed by atoms with Crippen LogP contribution in [0.4, 0.5) is 0 Å². The normalized spacial score (nSPS) is 18.1. The Hall–Kier alpha value is -3.12. The van der Waals surface area contributed by atoms with Crippen LogP contribution in [0.3, 0.4) is 0 Å². The van der Waals surface area contributed by atoms with Gasteiger partial charge in [-0.1, -0.05) is 52.0 Å². The number of hydrogen-bond donors (Lipinski definition) is 1. The van der Waals surface area contributed by atoms with Crippen LogP contribution in [0.5, 0.6) is 5.75 Å². The topological polar surface area (TPSA) is 70.1 Å². The smallest absolute Gasteiger partial charge is 0.295 e. The maximum Gasteiger partial charge on any atom is 0.295 e. The van der Waals surface area contributed by atoms with E-state index in [1.165, 1.54) is 0 Å². The van der Waals surface area contributed by atoms with E-state index in [0.29, 0.717) is 31.0 Å². The van der Waals surface area contributed by atoms with Crippen LogP contribution in [0.25, 0.3) is 5.76 Å². The highest BCUT2D eigenvalue weighted by atomic mass is 16.5. The van der Waals surface area contributed by atoms with Crippen molar-refractivity contribution >= 4 is 17.4 Å². The van der Waals surface area contributed by atoms with Crippen LogP contribution in [-0.4, -0.2) is 60.4 Å². The third-order valence-corrected chi connectivity index (χ3v) is 6.02. The number of hydrogen-bond acceptors (Lipinski definition) is 5. The van der Waals surface area contributed by atoms with Crippen molar-refractivity contribution in [2.45, 2.75) is 45.6 Å². The molecule has 6 nitrogen and oxygen atoms in total. The SMILES string of the molecule is CCCOc1ccc(C(O)=C2C(=O)C(=O)N(CCN(C)C)[C@H]2c2ccc(C(C)(C)C)cc2)cc1. The Bertz CT molecular complexity index is 1050. The molecule has 0 unspecified atom stereocenters. The average Bonchev–Trinajstić information content (AvgIpc) is 3.05. The van der Waals surface area contributed by atoms with Crippen LogP contribution in [0.15, 0.2) is 54.1 Å². The predicted molar refractivity (Wildman–Crippen MR) is 135 cm³/mol. The lowest BCUT2D eigenvalue weighted by molar-refractivity contribution is -0.140. The largest absolute Gasteiger partial charge is 0.507 e. The lowest BCUT2D eigenvalue weighted by Crippen LogP contribution is -2.35. The molecule has 0 aliphatic carbocycles. The molecule has 2 aromatic carbocycles. The van der Waals surface area contributed by atoms with Gasteiger partial charge in [0.15, 0.2) is 0 Å². The number of aliphatic hydroxyl groups excluding tert-OH is 1. The number of rotatable bonds is 8. The second kappa shape index (κ2) is 10.4. The lowest BCUT2D eigenvalue weighted by atomic mass is 9.85. The van der Waals surface area contributed by atoms with Gasteiger partial charge in [0.2, 0.25) is 0 Å². The number of nitrogens with zero attached hydrogens (tertiary/aromatic N) is 2. The summed E-state index contributed by atoms with van der Waals surface area (Å²) >= 11 is 0. The van der Waals surface area contributed by atoms with Crippen molar-refractivity contribution in [1.82, 2.24) is 9.80 Å². The first-order valence-corrected chi connectivity index (χ1v) is 11.8. The number of aliphatic hydroxyl groups is 1. The third-order valence-electron chi connectivity index (χ3n) is 6.02. The molecule has 0 aromatic heterocycles. The molecule has 1 aliphatic heterocycles. The van der Waals surface area contributed by atoms with E-state index in [1.54, 1.807) is 29.2 Å². The maximum absolute atomic E-state index is 13.1. The van der Waals surface area contributed by atoms with E-state index in [0.717, 1.165) is 17.5 Å². The number of carbonyl (C=O) groups is 2. The van der Waals surface area contributed by atoms with E-state index in [-0.39, 0.29) is 16.7 Å². The zero-order valence-corrected chi connectivity index (χ0v) is 21.1. The molecule has 3 rings (SSSR count). The summed E-state index contributed by atoms with van der Waals surface area (Å²) in [4.78, 5) is 29.7. The summed E-state index contributed by atoms with van der Waals surface area (Å²) in [5, 5.41) is 11.2. The summed E-state index contributed by atoms with van der Waals surface area (Å²) in [6.45, 7) is 10.0. The van der Waals surface area contributed by atoms with Crippen LogP contribution in [0, 0.1) is 0 Å². The fourth-order valence-electron chi connectivity index (χ4n) is 4.01. The Morgan fingerprint density at radius 2 is 1.65 bits per heavy atom. The minimum absolute atomic E-state index is 0.0210. The summed E-state index contributed by atoms with van der Waals surface area (Å²) in [6, 6.07) is 14.3. The number of benzene rings is 2. The van der Waals surface area contributed by atoms with Gasteiger partial charge in [0.25, 0.3) is 11.7 Å². The van der Waals surface area contributed by atoms with Crippen molar-refractivity contribution in [3.63, 3.8) is 0 Å². The minimum Gasteiger partial charge on any atom is -0.507 e. The van der Waals surface area contributed by atoms with Crippen molar-refractivity contribution in [3.05, 3.63) is 70.8 Å². The highest BCUT2D eigenvalue weighted by molar-refractivity contribution is 6.46. The van der Waals surface area contributed by atoms with Gasteiger partial charge >= 0.3 is 0 Å². The highest BCUT2D eigenvalue weighted by Gasteiger charge is 2.45. The molecule has 1 amide bonds. The quantitative estimate of drug-likeness (QED) is 0.347. The molecule has 0 saturated carbocycles. The van der Waals surface area contributed by atoms with Crippen LogP contribution in [0.1, 0.15) is 56.8 Å². The molecule has 1 fully saturated rings. The molecule has 1 heterocycles. The molecule has 1 N–H and O–H groups in total. The van der Waals surface area contributed by atoms with Gasteiger partial charge in [-0.05, 0) is 61.3 Å². The molecule has 0 bridgehead atoms. The molecule has 0 radical (unpaired) electrons. The van der Waals surface area contributed by atoms with Gasteiger partial charge in [-0.15, -0.1) is 0 Å². The standard InChI is InChI=1S/C28H36N2O4/c1-7-18-34-22-14-10-20(11-15-22)25(31)23-24(19-8-12-21(13-9-19)28(2,3)4)30(17-16-29(5)6)27(33)26(23)32/h8-15,24,31H,7,16-18H2,1-6H3/t24-/m0/s1. The molecular weight excluding hydrogens is 428 g/mol. The van der Waals surface area contributed by atoms with Crippen LogP contribution < -0.4 is 4.74 Å². The summed E-state index contributed by atoms with van der Waals surface area (Å²) in [6.07, 6.45) is 0.895. The summed E-state index contributed by atoms with van der Waals surface area (Å²) < 4.78 is 5.62. The number of ether oxygens (including phenoxy) is 1. The molecule has 34 heavy (non-hydrogen) atoms. The Kier molecular flexibility index (Phi) is 7.82. The molecule has 1 saturated heterocycles. The lowest BCUT2D eigenvalue weighted by Gasteiger charge is -2.27. The first-order valence-electron chi connectivity index (χ1n) is 11.8. The van der Waals surface area contributed by atoms with Crippen LogP contribution >= 0.6 is 0 Å². The molecule has 2 aromatic rings. The first kappa shape index (κ1) is 25.5. The van der Waals surface area contributed by atoms with Gasteiger partial charge in [0, 0.05) is 18.7 Å². The Morgan fingerprint density at radius 3 is 2.18 bits per heavy atom. The Labute approximate surface area is 202 Å². The predicted octanol–water partition coefficient (Wildman–Crippen LogP) is 4.76. The first-order chi connectivity index (χ1) is 16.0. The van der Waals surface area contributed by atoms with Crippen molar-refractivity contribution in [2.24, 2.45) is 0 Å². The summed E-state index contributed by atoms with van der Waals surface area (Å²) in [7, 11) is 3.85. The number of likely N-dealkylation sites (tertiary alicyclic amines) is 1. The van der Waals surface area contributed by atoms with Crippen LogP contribution in [-0.2, 0) is 15.0 Å². The second-order valence-corrected chi connectivity index (χ2v) is 10.0.